The third kappa shape index (κ3) is 4.77. The van der Waals surface area contributed by atoms with Gasteiger partial charge in [-0.3, -0.25) is 9.97 Å². The molecule has 0 atom stereocenters. The van der Waals surface area contributed by atoms with Gasteiger partial charge in [0.1, 0.15) is 0 Å². The predicted molar refractivity (Wildman–Crippen MR) is 196 cm³/mol. The molecule has 3 nitrogen and oxygen atoms in total. The predicted octanol–water partition coefficient (Wildman–Crippen LogP) is 11.4. The lowest BCUT2D eigenvalue weighted by Crippen LogP contribution is -1.94. The van der Waals surface area contributed by atoms with Crippen molar-refractivity contribution in [3.63, 3.8) is 0 Å². The molecule has 0 aliphatic carbocycles. The summed E-state index contributed by atoms with van der Waals surface area (Å²) in [5.74, 6) is 0. The average Bonchev–Trinajstić information content (AvgIpc) is 3.50. The first kappa shape index (κ1) is 27.0. The Kier molecular flexibility index (Phi) is 6.46. The molecule has 3 heteroatoms. The molecule has 0 saturated carbocycles. The number of pyridine rings is 2. The first-order chi connectivity index (χ1) is 23.3. The first-order valence-electron chi connectivity index (χ1n) is 15.9. The van der Waals surface area contributed by atoms with Crippen LogP contribution in [0.2, 0.25) is 0 Å². The molecule has 0 N–H and O–H groups in total. The molecule has 0 bridgehead atoms. The Labute approximate surface area is 273 Å². The van der Waals surface area contributed by atoms with Crippen molar-refractivity contribution in [3.8, 4) is 50.3 Å². The van der Waals surface area contributed by atoms with Crippen LogP contribution in [0.25, 0.3) is 82.9 Å². The van der Waals surface area contributed by atoms with E-state index in [2.05, 4.69) is 148 Å². The van der Waals surface area contributed by atoms with Crippen molar-refractivity contribution >= 4 is 32.6 Å². The van der Waals surface area contributed by atoms with Crippen LogP contribution in [0.4, 0.5) is 0 Å². The zero-order valence-corrected chi connectivity index (χ0v) is 25.6. The quantitative estimate of drug-likeness (QED) is 0.197. The van der Waals surface area contributed by atoms with E-state index < -0.39 is 0 Å². The van der Waals surface area contributed by atoms with Crippen LogP contribution in [0.5, 0.6) is 0 Å². The van der Waals surface area contributed by atoms with E-state index in [0.717, 1.165) is 16.9 Å². The number of nitrogens with zero attached hydrogens (tertiary/aromatic N) is 3. The topological polar surface area (TPSA) is 30.7 Å². The standard InChI is InChI=1S/C44H29N3/c1-2-9-38(10-3-1)47-43-29-35(33-7-6-8-37(28-33)42-11-4-5-24-46-42)17-20-40(43)41-21-18-36-27-34(16-19-39(36)44(41)47)31-14-12-30(13-15-31)32-22-25-45-26-23-32/h1-29H. The molecule has 47 heavy (non-hydrogen) atoms. The van der Waals surface area contributed by atoms with E-state index in [1.165, 1.54) is 66.0 Å². The number of aromatic nitrogens is 3. The molecule has 0 aliphatic rings. The summed E-state index contributed by atoms with van der Waals surface area (Å²) in [5.41, 5.74) is 12.8. The molecule has 9 aromatic rings. The molecule has 220 valence electrons. The summed E-state index contributed by atoms with van der Waals surface area (Å²) in [7, 11) is 0. The third-order valence-corrected chi connectivity index (χ3v) is 9.15. The van der Waals surface area contributed by atoms with Gasteiger partial charge in [-0.2, -0.15) is 0 Å². The minimum atomic E-state index is 0.976. The molecule has 0 aliphatic heterocycles. The van der Waals surface area contributed by atoms with Gasteiger partial charge in [-0.15, -0.1) is 0 Å². The summed E-state index contributed by atoms with van der Waals surface area (Å²) >= 11 is 0. The minimum absolute atomic E-state index is 0.976. The van der Waals surface area contributed by atoms with Crippen molar-refractivity contribution in [2.75, 3.05) is 0 Å². The van der Waals surface area contributed by atoms with Gasteiger partial charge < -0.3 is 4.57 Å². The van der Waals surface area contributed by atoms with Crippen LogP contribution in [0.1, 0.15) is 0 Å². The zero-order chi connectivity index (χ0) is 31.2. The second kappa shape index (κ2) is 11.2. The van der Waals surface area contributed by atoms with E-state index in [9.17, 15) is 0 Å². The number of hydrogen-bond donors (Lipinski definition) is 0. The molecular formula is C44H29N3. The number of hydrogen-bond acceptors (Lipinski definition) is 2. The molecule has 3 heterocycles. The highest BCUT2D eigenvalue weighted by molar-refractivity contribution is 6.19. The van der Waals surface area contributed by atoms with E-state index in [-0.39, 0.29) is 0 Å². The van der Waals surface area contributed by atoms with Crippen molar-refractivity contribution in [1.82, 2.24) is 14.5 Å². The van der Waals surface area contributed by atoms with Crippen LogP contribution >= 0.6 is 0 Å². The van der Waals surface area contributed by atoms with Crippen LogP contribution in [0.3, 0.4) is 0 Å². The molecule has 0 radical (unpaired) electrons. The van der Waals surface area contributed by atoms with Gasteiger partial charge in [-0.1, -0.05) is 103 Å². The Morgan fingerprint density at radius 1 is 0.383 bits per heavy atom. The molecule has 0 saturated heterocycles. The van der Waals surface area contributed by atoms with Gasteiger partial charge in [-0.25, -0.2) is 0 Å². The smallest absolute Gasteiger partial charge is 0.0702 e. The van der Waals surface area contributed by atoms with Crippen LogP contribution in [0.15, 0.2) is 176 Å². The summed E-state index contributed by atoms with van der Waals surface area (Å²) in [6, 6.07) is 56.6. The van der Waals surface area contributed by atoms with E-state index in [0.29, 0.717) is 0 Å². The van der Waals surface area contributed by atoms with Gasteiger partial charge in [0.25, 0.3) is 0 Å². The second-order valence-corrected chi connectivity index (χ2v) is 11.9. The third-order valence-electron chi connectivity index (χ3n) is 9.15. The number of fused-ring (bicyclic) bond motifs is 5. The van der Waals surface area contributed by atoms with Crippen LogP contribution in [-0.2, 0) is 0 Å². The van der Waals surface area contributed by atoms with Crippen molar-refractivity contribution in [3.05, 3.63) is 176 Å². The van der Waals surface area contributed by atoms with E-state index >= 15 is 0 Å². The molecule has 0 spiro atoms. The molecule has 0 amide bonds. The highest BCUT2D eigenvalue weighted by atomic mass is 15.0. The van der Waals surface area contributed by atoms with Crippen LogP contribution in [-0.4, -0.2) is 14.5 Å². The first-order valence-corrected chi connectivity index (χ1v) is 15.9. The molecule has 9 rings (SSSR count). The van der Waals surface area contributed by atoms with Crippen molar-refractivity contribution in [1.29, 1.82) is 0 Å². The summed E-state index contributed by atoms with van der Waals surface area (Å²) in [6.07, 6.45) is 5.52. The fraction of sp³-hybridized carbons (Fsp3) is 0. The minimum Gasteiger partial charge on any atom is -0.309 e. The molecule has 0 unspecified atom stereocenters. The van der Waals surface area contributed by atoms with Gasteiger partial charge in [-0.05, 0) is 93.4 Å². The Morgan fingerprint density at radius 2 is 1.02 bits per heavy atom. The maximum absolute atomic E-state index is 4.58. The molecule has 0 fully saturated rings. The van der Waals surface area contributed by atoms with Gasteiger partial charge in [0.2, 0.25) is 0 Å². The largest absolute Gasteiger partial charge is 0.309 e. The summed E-state index contributed by atoms with van der Waals surface area (Å²) in [5, 5.41) is 4.95. The normalized spacial score (nSPS) is 11.4. The summed E-state index contributed by atoms with van der Waals surface area (Å²) in [6.45, 7) is 0. The number of rotatable bonds is 5. The van der Waals surface area contributed by atoms with Gasteiger partial charge >= 0.3 is 0 Å². The van der Waals surface area contributed by atoms with Crippen molar-refractivity contribution < 1.29 is 0 Å². The summed E-state index contributed by atoms with van der Waals surface area (Å²) in [4.78, 5) is 8.73. The average molecular weight is 600 g/mol. The molecule has 6 aromatic carbocycles. The lowest BCUT2D eigenvalue weighted by atomic mass is 9.97. The SMILES string of the molecule is c1ccc(-n2c3cc(-c4cccc(-c5ccccn5)c4)ccc3c3ccc4cc(-c5ccc(-c6ccncc6)cc5)ccc4c32)cc1. The molecular weight excluding hydrogens is 571 g/mol. The van der Waals surface area contributed by atoms with E-state index in [4.69, 9.17) is 0 Å². The fourth-order valence-electron chi connectivity index (χ4n) is 6.83. The fourth-order valence-corrected chi connectivity index (χ4v) is 6.83. The van der Waals surface area contributed by atoms with Gasteiger partial charge in [0.15, 0.2) is 0 Å². The highest BCUT2D eigenvalue weighted by Gasteiger charge is 2.17. The van der Waals surface area contributed by atoms with Crippen LogP contribution < -0.4 is 0 Å². The maximum Gasteiger partial charge on any atom is 0.0702 e. The zero-order valence-electron chi connectivity index (χ0n) is 25.6. The van der Waals surface area contributed by atoms with Gasteiger partial charge in [0, 0.05) is 46.0 Å². The Hall–Kier alpha value is -6.32. The van der Waals surface area contributed by atoms with Crippen molar-refractivity contribution in [2.45, 2.75) is 0 Å². The monoisotopic (exact) mass is 599 g/mol. The van der Waals surface area contributed by atoms with Crippen molar-refractivity contribution in [2.24, 2.45) is 0 Å². The van der Waals surface area contributed by atoms with Gasteiger partial charge in [0.05, 0.1) is 16.7 Å². The number of benzene rings is 6. The maximum atomic E-state index is 4.58. The Bertz CT molecular complexity index is 2530. The van der Waals surface area contributed by atoms with E-state index in [1.54, 1.807) is 0 Å². The molecule has 3 aromatic heterocycles. The number of para-hydroxylation sites is 1. The van der Waals surface area contributed by atoms with E-state index in [1.807, 2.05) is 42.9 Å². The second-order valence-electron chi connectivity index (χ2n) is 11.9. The van der Waals surface area contributed by atoms with Crippen LogP contribution in [0, 0.1) is 0 Å². The summed E-state index contributed by atoms with van der Waals surface area (Å²) < 4.78 is 2.43. The Morgan fingerprint density at radius 3 is 1.81 bits per heavy atom. The lowest BCUT2D eigenvalue weighted by molar-refractivity contribution is 1.19. The highest BCUT2D eigenvalue weighted by Crippen LogP contribution is 2.40. The Balaban J connectivity index is 1.20. The lowest BCUT2D eigenvalue weighted by Gasteiger charge is -2.12.